The van der Waals surface area contributed by atoms with Crippen molar-refractivity contribution < 1.29 is 19.0 Å². The van der Waals surface area contributed by atoms with Gasteiger partial charge in [0.05, 0.1) is 6.61 Å². The van der Waals surface area contributed by atoms with Crippen molar-refractivity contribution in [2.75, 3.05) is 31.1 Å². The lowest BCUT2D eigenvalue weighted by atomic mass is 9.93. The molecule has 4 atom stereocenters. The molecule has 1 aromatic heterocycles. The molecule has 3 aromatic carbocycles. The zero-order valence-corrected chi connectivity index (χ0v) is 26.3. The number of piperazine rings is 1. The molecule has 0 radical (unpaired) electrons. The van der Waals surface area contributed by atoms with Crippen LogP contribution in [0.5, 0.6) is 11.8 Å². The molecule has 0 spiro atoms. The molecular formula is C38H38FN5O3. The van der Waals surface area contributed by atoms with Gasteiger partial charge in [0.2, 0.25) is 0 Å². The standard InChI is InChI=1S/C38H38FN5O3/c1-2-22-4-3-5-23-14-28(45)17-32(33(22)23)30-10-11-31-35(34(30)39)41-37(42-36(31)43-18-24-6-7-25(19-43)40-24)47-21-38(12-13-38)20-44-26-8-9-27(44)16-29(46)15-26/h1,3-5,10-11,14,17,24-27,40,45H,6-9,12-13,15-16,18-21H2. The average molecular weight is 632 g/mol. The summed E-state index contributed by atoms with van der Waals surface area (Å²) in [5.74, 6) is 3.35. The summed E-state index contributed by atoms with van der Waals surface area (Å²) in [4.78, 5) is 26.7. The number of aromatic nitrogens is 2. The number of piperidine rings is 1. The van der Waals surface area contributed by atoms with Crippen molar-refractivity contribution in [3.05, 3.63) is 53.8 Å². The first-order valence-corrected chi connectivity index (χ1v) is 17.0. The molecule has 1 saturated carbocycles. The minimum absolute atomic E-state index is 0.000356. The molecule has 9 heteroatoms. The molecule has 5 aliphatic rings. The zero-order valence-electron chi connectivity index (χ0n) is 26.3. The SMILES string of the molecule is C#Cc1cccc2cc(O)cc(-c3ccc4c(N5CC6CCC(C5)N6)nc(OCC5(CN6C7CCC6CC(=O)C7)CC5)nc4c3F)c12. The van der Waals surface area contributed by atoms with Gasteiger partial charge in [-0.2, -0.15) is 9.97 Å². The summed E-state index contributed by atoms with van der Waals surface area (Å²) >= 11 is 0. The molecule has 5 heterocycles. The van der Waals surface area contributed by atoms with E-state index in [-0.39, 0.29) is 22.7 Å². The predicted molar refractivity (Wildman–Crippen MR) is 179 cm³/mol. The van der Waals surface area contributed by atoms with E-state index in [2.05, 4.69) is 21.0 Å². The number of terminal acetylenes is 1. The molecule has 4 aliphatic heterocycles. The summed E-state index contributed by atoms with van der Waals surface area (Å²) in [6, 6.07) is 14.0. The number of ketones is 1. The predicted octanol–water partition coefficient (Wildman–Crippen LogP) is 5.57. The second-order valence-electron chi connectivity index (χ2n) is 14.5. The Hall–Kier alpha value is -4.26. The number of nitrogens with one attached hydrogen (secondary N) is 1. The van der Waals surface area contributed by atoms with Gasteiger partial charge in [-0.3, -0.25) is 9.69 Å². The Bertz CT molecular complexity index is 1960. The lowest BCUT2D eigenvalue weighted by Gasteiger charge is -2.36. The van der Waals surface area contributed by atoms with Crippen molar-refractivity contribution in [1.82, 2.24) is 20.2 Å². The van der Waals surface area contributed by atoms with Crippen LogP contribution in [0.25, 0.3) is 32.8 Å². The number of Topliss-reactive ketones (excluding diaryl/α,β-unsaturated/α-hetero) is 1. The molecule has 1 aliphatic carbocycles. The first-order chi connectivity index (χ1) is 22.9. The number of aromatic hydroxyl groups is 1. The Morgan fingerprint density at radius 2 is 1.79 bits per heavy atom. The molecule has 240 valence electrons. The van der Waals surface area contributed by atoms with Crippen LogP contribution in [-0.4, -0.2) is 76.2 Å². The topological polar surface area (TPSA) is 90.8 Å². The average Bonchev–Trinajstić information content (AvgIpc) is 3.70. The summed E-state index contributed by atoms with van der Waals surface area (Å²) in [5.41, 5.74) is 1.65. The van der Waals surface area contributed by atoms with Crippen LogP contribution in [0.15, 0.2) is 42.5 Å². The second-order valence-corrected chi connectivity index (χ2v) is 14.5. The first-order valence-electron chi connectivity index (χ1n) is 17.0. The lowest BCUT2D eigenvalue weighted by molar-refractivity contribution is -0.124. The van der Waals surface area contributed by atoms with E-state index in [4.69, 9.17) is 21.1 Å². The fourth-order valence-electron chi connectivity index (χ4n) is 8.80. The minimum Gasteiger partial charge on any atom is -0.508 e. The molecule has 4 saturated heterocycles. The highest BCUT2D eigenvalue weighted by Gasteiger charge is 2.50. The quantitative estimate of drug-likeness (QED) is 0.256. The monoisotopic (exact) mass is 631 g/mol. The second kappa shape index (κ2) is 10.9. The van der Waals surface area contributed by atoms with Crippen molar-refractivity contribution in [1.29, 1.82) is 0 Å². The Morgan fingerprint density at radius 3 is 2.51 bits per heavy atom. The van der Waals surface area contributed by atoms with E-state index in [1.54, 1.807) is 18.2 Å². The summed E-state index contributed by atoms with van der Waals surface area (Å²) in [6.07, 6.45) is 13.7. The third-order valence-electron chi connectivity index (χ3n) is 11.4. The Morgan fingerprint density at radius 1 is 1.02 bits per heavy atom. The van der Waals surface area contributed by atoms with Crippen molar-refractivity contribution in [2.45, 2.75) is 75.5 Å². The third kappa shape index (κ3) is 5.01. The number of anilines is 1. The van der Waals surface area contributed by atoms with Crippen LogP contribution in [0.4, 0.5) is 10.2 Å². The summed E-state index contributed by atoms with van der Waals surface area (Å²) in [7, 11) is 0. The van der Waals surface area contributed by atoms with Gasteiger partial charge in [-0.25, -0.2) is 4.39 Å². The number of phenolic OH excluding ortho intramolecular Hbond substituents is 1. The third-order valence-corrected chi connectivity index (χ3v) is 11.4. The van der Waals surface area contributed by atoms with Gasteiger partial charge >= 0.3 is 6.01 Å². The van der Waals surface area contributed by atoms with Crippen LogP contribution < -0.4 is 15.0 Å². The molecule has 4 unspecified atom stereocenters. The Labute approximate surface area is 273 Å². The van der Waals surface area contributed by atoms with Gasteiger partial charge in [0.25, 0.3) is 0 Å². The van der Waals surface area contributed by atoms with E-state index in [0.717, 1.165) is 63.5 Å². The molecule has 9 rings (SSSR count). The number of fused-ring (bicyclic) bond motifs is 6. The van der Waals surface area contributed by atoms with E-state index < -0.39 is 5.82 Å². The molecule has 0 amide bonds. The van der Waals surface area contributed by atoms with Crippen LogP contribution >= 0.6 is 0 Å². The number of carbonyl (C=O) groups excluding carboxylic acids is 1. The summed E-state index contributed by atoms with van der Waals surface area (Å²) < 4.78 is 23.4. The maximum Gasteiger partial charge on any atom is 0.319 e. The number of carbonyl (C=O) groups is 1. The van der Waals surface area contributed by atoms with Gasteiger partial charge in [-0.15, -0.1) is 6.42 Å². The fourth-order valence-corrected chi connectivity index (χ4v) is 8.80. The van der Waals surface area contributed by atoms with Gasteiger partial charge in [-0.1, -0.05) is 24.1 Å². The number of rotatable bonds is 7. The molecule has 5 fully saturated rings. The van der Waals surface area contributed by atoms with Crippen LogP contribution in [0.3, 0.4) is 0 Å². The Kier molecular flexibility index (Phi) is 6.70. The van der Waals surface area contributed by atoms with E-state index in [1.807, 2.05) is 24.3 Å². The van der Waals surface area contributed by atoms with E-state index in [9.17, 15) is 9.90 Å². The van der Waals surface area contributed by atoms with E-state index in [1.165, 1.54) is 0 Å². The number of nitrogens with zero attached hydrogens (tertiary/aromatic N) is 4. The van der Waals surface area contributed by atoms with Crippen molar-refractivity contribution >= 4 is 33.3 Å². The van der Waals surface area contributed by atoms with Gasteiger partial charge in [0.15, 0.2) is 5.82 Å². The molecule has 47 heavy (non-hydrogen) atoms. The van der Waals surface area contributed by atoms with Gasteiger partial charge in [0.1, 0.15) is 22.9 Å². The maximum absolute atomic E-state index is 16.9. The molecule has 4 bridgehead atoms. The number of phenols is 1. The van der Waals surface area contributed by atoms with Crippen molar-refractivity contribution in [2.24, 2.45) is 5.41 Å². The van der Waals surface area contributed by atoms with Crippen LogP contribution in [0, 0.1) is 23.6 Å². The van der Waals surface area contributed by atoms with Crippen LogP contribution in [0.2, 0.25) is 0 Å². The largest absolute Gasteiger partial charge is 0.508 e. The first kappa shape index (κ1) is 28.9. The highest BCUT2D eigenvalue weighted by molar-refractivity contribution is 6.04. The molecule has 2 N–H and O–H groups in total. The van der Waals surface area contributed by atoms with Gasteiger partial charge < -0.3 is 20.1 Å². The van der Waals surface area contributed by atoms with Crippen molar-refractivity contribution in [3.63, 3.8) is 0 Å². The molecule has 4 aromatic rings. The highest BCUT2D eigenvalue weighted by Crippen LogP contribution is 2.49. The lowest BCUT2D eigenvalue weighted by Crippen LogP contribution is -2.51. The number of hydrogen-bond acceptors (Lipinski definition) is 8. The molecule has 8 nitrogen and oxygen atoms in total. The highest BCUT2D eigenvalue weighted by atomic mass is 19.1. The van der Waals surface area contributed by atoms with Gasteiger partial charge in [-0.05, 0) is 73.7 Å². The van der Waals surface area contributed by atoms with E-state index >= 15 is 4.39 Å². The number of hydrogen-bond donors (Lipinski definition) is 2. The molecular weight excluding hydrogens is 593 g/mol. The summed E-state index contributed by atoms with van der Waals surface area (Å²) in [5, 5.41) is 16.4. The number of benzene rings is 3. The van der Waals surface area contributed by atoms with Crippen molar-refractivity contribution in [3.8, 4) is 35.2 Å². The summed E-state index contributed by atoms with van der Waals surface area (Å²) in [6.45, 7) is 2.94. The van der Waals surface area contributed by atoms with E-state index in [0.29, 0.717) is 82.7 Å². The van der Waals surface area contributed by atoms with Gasteiger partial charge in [0, 0.05) is 84.0 Å². The Balaban J connectivity index is 1.10. The number of halogens is 1. The number of ether oxygens (including phenoxy) is 1. The van der Waals surface area contributed by atoms with Crippen LogP contribution in [0.1, 0.15) is 56.9 Å². The normalized spacial score (nSPS) is 26.2. The maximum atomic E-state index is 16.9. The fraction of sp³-hybridized carbons (Fsp3) is 0.447. The zero-order chi connectivity index (χ0) is 31.9. The van der Waals surface area contributed by atoms with Crippen LogP contribution in [-0.2, 0) is 4.79 Å². The smallest absolute Gasteiger partial charge is 0.319 e. The minimum atomic E-state index is -0.497.